The summed E-state index contributed by atoms with van der Waals surface area (Å²) < 4.78 is 1.99. The van der Waals surface area contributed by atoms with Gasteiger partial charge in [0.1, 0.15) is 5.82 Å². The van der Waals surface area contributed by atoms with E-state index in [9.17, 15) is 4.79 Å². The Morgan fingerprint density at radius 2 is 2.27 bits per heavy atom. The molecule has 0 aliphatic rings. The van der Waals surface area contributed by atoms with Gasteiger partial charge in [-0.2, -0.15) is 0 Å². The molecule has 4 heteroatoms. The zero-order valence-corrected chi connectivity index (χ0v) is 8.82. The van der Waals surface area contributed by atoms with Crippen molar-refractivity contribution in [2.75, 3.05) is 6.54 Å². The van der Waals surface area contributed by atoms with Gasteiger partial charge in [-0.3, -0.25) is 4.79 Å². The van der Waals surface area contributed by atoms with Crippen molar-refractivity contribution in [2.24, 2.45) is 12.8 Å². The lowest BCUT2D eigenvalue weighted by Crippen LogP contribution is -2.13. The van der Waals surface area contributed by atoms with Gasteiger partial charge < -0.3 is 10.3 Å². The molecule has 0 aliphatic carbocycles. The van der Waals surface area contributed by atoms with E-state index in [2.05, 4.69) is 4.98 Å². The summed E-state index contributed by atoms with van der Waals surface area (Å²) >= 11 is 0. The van der Waals surface area contributed by atoms with Crippen molar-refractivity contribution in [3.8, 4) is 0 Å². The third-order valence-corrected chi connectivity index (χ3v) is 2.61. The summed E-state index contributed by atoms with van der Waals surface area (Å²) in [6, 6.07) is 5.48. The molecule has 78 valence electrons. The van der Waals surface area contributed by atoms with Crippen molar-refractivity contribution in [3.05, 3.63) is 29.6 Å². The lowest BCUT2D eigenvalue weighted by atomic mass is 10.1. The molecule has 0 atom stereocenters. The lowest BCUT2D eigenvalue weighted by molar-refractivity contribution is 0.100. The van der Waals surface area contributed by atoms with Crippen LogP contribution < -0.4 is 5.73 Å². The standard InChI is InChI=1S/C11H13N3O/c1-7-13-9-5-8(11(15)6-12)3-4-10(9)14(7)2/h3-5H,6,12H2,1-2H3. The summed E-state index contributed by atoms with van der Waals surface area (Å²) in [5.74, 6) is 0.877. The van der Waals surface area contributed by atoms with Crippen LogP contribution in [0.3, 0.4) is 0 Å². The highest BCUT2D eigenvalue weighted by atomic mass is 16.1. The quantitative estimate of drug-likeness (QED) is 0.741. The molecule has 4 nitrogen and oxygen atoms in total. The SMILES string of the molecule is Cc1nc2cc(C(=O)CN)ccc2n1C. The summed E-state index contributed by atoms with van der Waals surface area (Å²) in [5.41, 5.74) is 7.81. The molecule has 2 rings (SSSR count). The fraction of sp³-hybridized carbons (Fsp3) is 0.273. The van der Waals surface area contributed by atoms with Crippen LogP contribution in [-0.2, 0) is 7.05 Å². The van der Waals surface area contributed by atoms with Crippen molar-refractivity contribution >= 4 is 16.8 Å². The number of Topliss-reactive ketones (excluding diaryl/α,β-unsaturated/α-hetero) is 1. The van der Waals surface area contributed by atoms with Crippen LogP contribution in [0.1, 0.15) is 16.2 Å². The number of carbonyl (C=O) groups excluding carboxylic acids is 1. The van der Waals surface area contributed by atoms with Crippen LogP contribution in [0.2, 0.25) is 0 Å². The first kappa shape index (κ1) is 9.86. The van der Waals surface area contributed by atoms with Crippen LogP contribution in [0, 0.1) is 6.92 Å². The van der Waals surface area contributed by atoms with Crippen molar-refractivity contribution in [3.63, 3.8) is 0 Å². The molecule has 1 aromatic heterocycles. The summed E-state index contributed by atoms with van der Waals surface area (Å²) in [6.45, 7) is 1.97. The molecule has 0 fully saturated rings. The fourth-order valence-electron chi connectivity index (χ4n) is 1.61. The highest BCUT2D eigenvalue weighted by Crippen LogP contribution is 2.16. The summed E-state index contributed by atoms with van der Waals surface area (Å²) in [6.07, 6.45) is 0. The van der Waals surface area contributed by atoms with E-state index < -0.39 is 0 Å². The van der Waals surface area contributed by atoms with E-state index in [1.54, 1.807) is 12.1 Å². The van der Waals surface area contributed by atoms with Gasteiger partial charge in [0, 0.05) is 12.6 Å². The smallest absolute Gasteiger partial charge is 0.176 e. The van der Waals surface area contributed by atoms with Gasteiger partial charge in [0.05, 0.1) is 17.6 Å². The van der Waals surface area contributed by atoms with E-state index in [4.69, 9.17) is 5.73 Å². The number of aryl methyl sites for hydroxylation is 2. The van der Waals surface area contributed by atoms with Crippen LogP contribution in [0.5, 0.6) is 0 Å². The van der Waals surface area contributed by atoms with E-state index in [0.717, 1.165) is 16.9 Å². The maximum atomic E-state index is 11.4. The van der Waals surface area contributed by atoms with Gasteiger partial charge in [0.15, 0.2) is 5.78 Å². The van der Waals surface area contributed by atoms with Crippen LogP contribution in [0.15, 0.2) is 18.2 Å². The topological polar surface area (TPSA) is 60.9 Å². The summed E-state index contributed by atoms with van der Waals surface area (Å²) in [7, 11) is 1.95. The van der Waals surface area contributed by atoms with E-state index in [-0.39, 0.29) is 12.3 Å². The molecule has 2 aromatic rings. The third kappa shape index (κ3) is 1.53. The Balaban J connectivity index is 2.62. The second kappa shape index (κ2) is 3.47. The largest absolute Gasteiger partial charge is 0.331 e. The minimum absolute atomic E-state index is 0.0390. The summed E-state index contributed by atoms with van der Waals surface area (Å²) in [5, 5.41) is 0. The van der Waals surface area contributed by atoms with Crippen molar-refractivity contribution in [1.82, 2.24) is 9.55 Å². The normalized spacial score (nSPS) is 10.9. The first-order valence-corrected chi connectivity index (χ1v) is 4.80. The maximum Gasteiger partial charge on any atom is 0.176 e. The Kier molecular flexibility index (Phi) is 2.28. The molecule has 0 unspecified atom stereocenters. The van der Waals surface area contributed by atoms with Crippen LogP contribution in [0.25, 0.3) is 11.0 Å². The van der Waals surface area contributed by atoms with Crippen molar-refractivity contribution in [2.45, 2.75) is 6.92 Å². The van der Waals surface area contributed by atoms with Crippen LogP contribution in [0.4, 0.5) is 0 Å². The molecule has 0 spiro atoms. The number of aromatic nitrogens is 2. The molecule has 0 saturated heterocycles. The molecule has 0 radical (unpaired) electrons. The van der Waals surface area contributed by atoms with Gasteiger partial charge >= 0.3 is 0 Å². The Hall–Kier alpha value is -1.68. The van der Waals surface area contributed by atoms with Gasteiger partial charge in [-0.25, -0.2) is 4.98 Å². The van der Waals surface area contributed by atoms with Gasteiger partial charge in [-0.1, -0.05) is 0 Å². The zero-order chi connectivity index (χ0) is 11.0. The minimum Gasteiger partial charge on any atom is -0.331 e. The van der Waals surface area contributed by atoms with Gasteiger partial charge in [0.2, 0.25) is 0 Å². The van der Waals surface area contributed by atoms with E-state index in [1.165, 1.54) is 0 Å². The van der Waals surface area contributed by atoms with E-state index in [0.29, 0.717) is 5.56 Å². The second-order valence-corrected chi connectivity index (χ2v) is 3.55. The molecule has 0 amide bonds. The van der Waals surface area contributed by atoms with Gasteiger partial charge in [0.25, 0.3) is 0 Å². The van der Waals surface area contributed by atoms with E-state index >= 15 is 0 Å². The molecule has 0 aliphatic heterocycles. The first-order valence-electron chi connectivity index (χ1n) is 4.80. The molecule has 15 heavy (non-hydrogen) atoms. The van der Waals surface area contributed by atoms with Crippen molar-refractivity contribution in [1.29, 1.82) is 0 Å². The Morgan fingerprint density at radius 3 is 2.93 bits per heavy atom. The van der Waals surface area contributed by atoms with Crippen LogP contribution in [-0.4, -0.2) is 21.9 Å². The first-order chi connectivity index (χ1) is 7.13. The number of hydrogen-bond donors (Lipinski definition) is 1. The Morgan fingerprint density at radius 1 is 1.53 bits per heavy atom. The Labute approximate surface area is 87.7 Å². The number of ketones is 1. The highest BCUT2D eigenvalue weighted by Gasteiger charge is 2.08. The number of rotatable bonds is 2. The number of nitrogens with zero attached hydrogens (tertiary/aromatic N) is 2. The molecule has 2 N–H and O–H groups in total. The number of benzene rings is 1. The number of nitrogens with two attached hydrogens (primary N) is 1. The monoisotopic (exact) mass is 203 g/mol. The Bertz CT molecular complexity index is 528. The predicted octanol–water partition coefficient (Wildman–Crippen LogP) is 1.02. The summed E-state index contributed by atoms with van der Waals surface area (Å²) in [4.78, 5) is 15.7. The highest BCUT2D eigenvalue weighted by molar-refractivity contribution is 6.00. The number of hydrogen-bond acceptors (Lipinski definition) is 3. The average molecular weight is 203 g/mol. The third-order valence-electron chi connectivity index (χ3n) is 2.61. The number of fused-ring (bicyclic) bond motifs is 1. The fourth-order valence-corrected chi connectivity index (χ4v) is 1.61. The molecule has 1 heterocycles. The molecular formula is C11H13N3O. The number of imidazole rings is 1. The maximum absolute atomic E-state index is 11.4. The number of carbonyl (C=O) groups is 1. The lowest BCUT2D eigenvalue weighted by Gasteiger charge is -1.98. The van der Waals surface area contributed by atoms with Gasteiger partial charge in [-0.05, 0) is 25.1 Å². The minimum atomic E-state index is -0.0554. The van der Waals surface area contributed by atoms with E-state index in [1.807, 2.05) is 24.6 Å². The second-order valence-electron chi connectivity index (χ2n) is 3.55. The van der Waals surface area contributed by atoms with Crippen LogP contribution >= 0.6 is 0 Å². The predicted molar refractivity (Wildman–Crippen MR) is 58.8 cm³/mol. The van der Waals surface area contributed by atoms with Gasteiger partial charge in [-0.15, -0.1) is 0 Å². The molecule has 1 aromatic carbocycles. The molecule has 0 saturated carbocycles. The average Bonchev–Trinajstić information content (AvgIpc) is 2.53. The molecule has 0 bridgehead atoms. The zero-order valence-electron chi connectivity index (χ0n) is 8.82. The van der Waals surface area contributed by atoms with Crippen molar-refractivity contribution < 1.29 is 4.79 Å². The molecular weight excluding hydrogens is 190 g/mol.